The zero-order valence-electron chi connectivity index (χ0n) is 11.0. The maximum Gasteiger partial charge on any atom is 0.230 e. The van der Waals surface area contributed by atoms with Crippen molar-refractivity contribution in [3.05, 3.63) is 71.3 Å². The van der Waals surface area contributed by atoms with Crippen molar-refractivity contribution >= 4 is 11.7 Å². The first kappa shape index (κ1) is 11.4. The van der Waals surface area contributed by atoms with Crippen molar-refractivity contribution in [3.8, 4) is 0 Å². The lowest BCUT2D eigenvalue weighted by Gasteiger charge is -2.26. The molecule has 98 valence electrons. The lowest BCUT2D eigenvalue weighted by Crippen LogP contribution is -2.36. The quantitative estimate of drug-likeness (QED) is 0.777. The number of aliphatic imine (C=N–C) groups is 1. The number of fused-ring (bicyclic) bond motifs is 3. The average molecular weight is 262 g/mol. The van der Waals surface area contributed by atoms with Crippen LogP contribution in [0.1, 0.15) is 29.2 Å². The van der Waals surface area contributed by atoms with Crippen molar-refractivity contribution in [3.63, 3.8) is 0 Å². The Bertz CT molecular complexity index is 706. The molecule has 2 aliphatic heterocycles. The Labute approximate surface area is 117 Å². The lowest BCUT2D eigenvalue weighted by molar-refractivity contribution is -0.128. The lowest BCUT2D eigenvalue weighted by atomic mass is 10.0. The molecular weight excluding hydrogens is 248 g/mol. The van der Waals surface area contributed by atoms with Gasteiger partial charge in [-0.1, -0.05) is 54.6 Å². The van der Waals surface area contributed by atoms with Gasteiger partial charge >= 0.3 is 0 Å². The maximum absolute atomic E-state index is 12.4. The zero-order valence-corrected chi connectivity index (χ0v) is 11.0. The molecule has 0 saturated carbocycles. The minimum absolute atomic E-state index is 0.0545. The fraction of sp³-hybridized carbons (Fsp3) is 0.176. The van der Waals surface area contributed by atoms with E-state index in [1.165, 1.54) is 5.56 Å². The summed E-state index contributed by atoms with van der Waals surface area (Å²) in [5, 5.41) is 0. The van der Waals surface area contributed by atoms with E-state index >= 15 is 0 Å². The first-order chi connectivity index (χ1) is 9.83. The highest BCUT2D eigenvalue weighted by Crippen LogP contribution is 2.33. The number of nitrogens with zero attached hydrogens (tertiary/aromatic N) is 2. The summed E-state index contributed by atoms with van der Waals surface area (Å²) in [6.45, 7) is 0.662. The minimum Gasteiger partial charge on any atom is -0.292 e. The van der Waals surface area contributed by atoms with E-state index in [0.717, 1.165) is 17.0 Å². The second kappa shape index (κ2) is 4.30. The minimum atomic E-state index is -0.0545. The van der Waals surface area contributed by atoms with Crippen LogP contribution in [-0.4, -0.2) is 16.6 Å². The smallest absolute Gasteiger partial charge is 0.230 e. The van der Waals surface area contributed by atoms with Gasteiger partial charge in [-0.25, -0.2) is 0 Å². The van der Waals surface area contributed by atoms with E-state index in [-0.39, 0.29) is 11.9 Å². The summed E-state index contributed by atoms with van der Waals surface area (Å²) < 4.78 is 0. The molecule has 0 aromatic heterocycles. The van der Waals surface area contributed by atoms with Crippen LogP contribution in [0.25, 0.3) is 0 Å². The molecule has 3 heteroatoms. The number of hydrogen-bond acceptors (Lipinski definition) is 2. The topological polar surface area (TPSA) is 32.7 Å². The number of benzene rings is 2. The predicted molar refractivity (Wildman–Crippen MR) is 77.3 cm³/mol. The molecule has 0 bridgehead atoms. The molecule has 2 aromatic carbocycles. The Hall–Kier alpha value is -2.42. The van der Waals surface area contributed by atoms with Crippen LogP contribution in [0.5, 0.6) is 0 Å². The van der Waals surface area contributed by atoms with Crippen LogP contribution in [0.2, 0.25) is 0 Å². The van der Waals surface area contributed by atoms with Crippen LogP contribution in [0, 0.1) is 0 Å². The molecule has 0 N–H and O–H groups in total. The number of carbonyl (C=O) groups excluding carboxylic acids is 1. The van der Waals surface area contributed by atoms with Crippen molar-refractivity contribution in [1.29, 1.82) is 0 Å². The summed E-state index contributed by atoms with van der Waals surface area (Å²) in [5.41, 5.74) is 3.40. The van der Waals surface area contributed by atoms with Gasteiger partial charge < -0.3 is 0 Å². The number of amidine groups is 1. The molecule has 0 saturated heterocycles. The van der Waals surface area contributed by atoms with E-state index in [1.807, 2.05) is 47.4 Å². The van der Waals surface area contributed by atoms with E-state index in [4.69, 9.17) is 4.99 Å². The van der Waals surface area contributed by atoms with Crippen LogP contribution in [0.3, 0.4) is 0 Å². The van der Waals surface area contributed by atoms with Crippen molar-refractivity contribution in [2.45, 2.75) is 19.0 Å². The highest BCUT2D eigenvalue weighted by Gasteiger charge is 2.35. The van der Waals surface area contributed by atoms with Gasteiger partial charge in [0, 0.05) is 5.56 Å². The third-order valence-electron chi connectivity index (χ3n) is 3.97. The number of rotatable bonds is 1. The Morgan fingerprint density at radius 3 is 2.60 bits per heavy atom. The summed E-state index contributed by atoms with van der Waals surface area (Å²) in [5.74, 6) is 1.01. The monoisotopic (exact) mass is 262 g/mol. The molecule has 0 spiro atoms. The van der Waals surface area contributed by atoms with Crippen molar-refractivity contribution < 1.29 is 4.79 Å². The van der Waals surface area contributed by atoms with Gasteiger partial charge in [0.05, 0.1) is 19.0 Å². The number of amides is 1. The summed E-state index contributed by atoms with van der Waals surface area (Å²) in [7, 11) is 0. The summed E-state index contributed by atoms with van der Waals surface area (Å²) >= 11 is 0. The molecule has 3 nitrogen and oxygen atoms in total. The van der Waals surface area contributed by atoms with Crippen LogP contribution in [-0.2, 0) is 11.3 Å². The first-order valence-electron chi connectivity index (χ1n) is 6.84. The largest absolute Gasteiger partial charge is 0.292 e. The van der Waals surface area contributed by atoms with E-state index in [2.05, 4.69) is 12.1 Å². The predicted octanol–water partition coefficient (Wildman–Crippen LogP) is 2.92. The molecule has 20 heavy (non-hydrogen) atoms. The average Bonchev–Trinajstić information content (AvgIpc) is 2.88. The third kappa shape index (κ3) is 1.67. The van der Waals surface area contributed by atoms with Crippen LogP contribution < -0.4 is 0 Å². The van der Waals surface area contributed by atoms with Gasteiger partial charge in [-0.2, -0.15) is 0 Å². The molecule has 2 aromatic rings. The fourth-order valence-corrected chi connectivity index (χ4v) is 2.95. The van der Waals surface area contributed by atoms with Crippen LogP contribution >= 0.6 is 0 Å². The second-order valence-corrected chi connectivity index (χ2v) is 5.22. The van der Waals surface area contributed by atoms with Gasteiger partial charge in [0.25, 0.3) is 0 Å². The summed E-state index contributed by atoms with van der Waals surface area (Å²) in [6.07, 6.45) is 0.460. The molecule has 1 atom stereocenters. The highest BCUT2D eigenvalue weighted by atomic mass is 16.2. The molecule has 0 aliphatic carbocycles. The van der Waals surface area contributed by atoms with Gasteiger partial charge in [0.1, 0.15) is 5.84 Å². The van der Waals surface area contributed by atoms with E-state index < -0.39 is 0 Å². The van der Waals surface area contributed by atoms with E-state index in [1.54, 1.807) is 0 Å². The van der Waals surface area contributed by atoms with Crippen molar-refractivity contribution in [2.24, 2.45) is 4.99 Å². The van der Waals surface area contributed by atoms with E-state index in [9.17, 15) is 4.79 Å². The Morgan fingerprint density at radius 1 is 1.00 bits per heavy atom. The van der Waals surface area contributed by atoms with E-state index in [0.29, 0.717) is 13.0 Å². The fourth-order valence-electron chi connectivity index (χ4n) is 2.95. The summed E-state index contributed by atoms with van der Waals surface area (Å²) in [4.78, 5) is 19.0. The third-order valence-corrected chi connectivity index (χ3v) is 3.97. The normalized spacial score (nSPS) is 20.4. The molecule has 0 radical (unpaired) electrons. The second-order valence-electron chi connectivity index (χ2n) is 5.22. The van der Waals surface area contributed by atoms with Gasteiger partial charge in [0.2, 0.25) is 5.91 Å². The Balaban J connectivity index is 1.81. The van der Waals surface area contributed by atoms with Gasteiger partial charge in [-0.15, -0.1) is 0 Å². The molecule has 0 fully saturated rings. The molecule has 2 aliphatic rings. The standard InChI is InChI=1S/C17H14N2O/c20-16-10-15(12-6-2-1-3-7-12)18-17-14-9-5-4-8-13(14)11-19(16)17/h1-9,15H,10-11H2/t15-/m0/s1. The molecule has 4 rings (SSSR count). The highest BCUT2D eigenvalue weighted by molar-refractivity contribution is 6.12. The SMILES string of the molecule is O=C1C[C@@H](c2ccccc2)N=C2c3ccccc3CN12. The van der Waals surface area contributed by atoms with Gasteiger partial charge in [-0.3, -0.25) is 14.7 Å². The molecule has 0 unspecified atom stereocenters. The van der Waals surface area contributed by atoms with Crippen LogP contribution in [0.4, 0.5) is 0 Å². The maximum atomic E-state index is 12.4. The zero-order chi connectivity index (χ0) is 13.5. The van der Waals surface area contributed by atoms with Crippen molar-refractivity contribution in [1.82, 2.24) is 4.90 Å². The Kier molecular flexibility index (Phi) is 2.46. The molecule has 2 heterocycles. The first-order valence-corrected chi connectivity index (χ1v) is 6.84. The molecular formula is C17H14N2O. The van der Waals surface area contributed by atoms with Gasteiger partial charge in [-0.05, 0) is 11.1 Å². The number of carbonyl (C=O) groups is 1. The molecule has 1 amide bonds. The van der Waals surface area contributed by atoms with Gasteiger partial charge in [0.15, 0.2) is 0 Å². The summed E-state index contributed by atoms with van der Waals surface area (Å²) in [6, 6.07) is 18.1. The van der Waals surface area contributed by atoms with Crippen molar-refractivity contribution in [2.75, 3.05) is 0 Å². The number of hydrogen-bond donors (Lipinski definition) is 0. The van der Waals surface area contributed by atoms with Crippen LogP contribution in [0.15, 0.2) is 59.6 Å². The Morgan fingerprint density at radius 2 is 1.75 bits per heavy atom.